The third-order valence-corrected chi connectivity index (χ3v) is 3.49. The average molecular weight is 364 g/mol. The SMILES string of the molecule is O=C(COC(=O)c1cc[n+]([O-])cc1)Nc1ccc(Oc2ccccc2)cc1. The van der Waals surface area contributed by atoms with Crippen molar-refractivity contribution in [3.63, 3.8) is 0 Å². The number of para-hydroxylation sites is 1. The molecule has 2 aromatic carbocycles. The largest absolute Gasteiger partial charge is 0.619 e. The Morgan fingerprint density at radius 2 is 1.52 bits per heavy atom. The summed E-state index contributed by atoms with van der Waals surface area (Å²) < 4.78 is 11.1. The first-order chi connectivity index (χ1) is 13.1. The molecule has 1 aromatic heterocycles. The van der Waals surface area contributed by atoms with Crippen LogP contribution in [0.15, 0.2) is 79.1 Å². The quantitative estimate of drug-likeness (QED) is 0.412. The van der Waals surface area contributed by atoms with Crippen LogP contribution in [-0.4, -0.2) is 18.5 Å². The fourth-order valence-corrected chi connectivity index (χ4v) is 2.19. The van der Waals surface area contributed by atoms with Crippen molar-refractivity contribution in [3.05, 3.63) is 89.9 Å². The number of anilines is 1. The fraction of sp³-hybridized carbons (Fsp3) is 0.0500. The van der Waals surface area contributed by atoms with E-state index in [1.165, 1.54) is 24.5 Å². The van der Waals surface area contributed by atoms with Gasteiger partial charge in [0.15, 0.2) is 19.0 Å². The van der Waals surface area contributed by atoms with Gasteiger partial charge in [0.2, 0.25) is 0 Å². The lowest BCUT2D eigenvalue weighted by molar-refractivity contribution is -0.605. The molecule has 1 amide bonds. The number of pyridine rings is 1. The van der Waals surface area contributed by atoms with E-state index in [9.17, 15) is 14.8 Å². The maximum atomic E-state index is 11.9. The maximum Gasteiger partial charge on any atom is 0.339 e. The van der Waals surface area contributed by atoms with E-state index in [2.05, 4.69) is 5.32 Å². The lowest BCUT2D eigenvalue weighted by Gasteiger charge is -2.08. The molecule has 136 valence electrons. The highest BCUT2D eigenvalue weighted by molar-refractivity contribution is 5.95. The van der Waals surface area contributed by atoms with Crippen molar-refractivity contribution in [2.24, 2.45) is 0 Å². The number of hydrogen-bond donors (Lipinski definition) is 1. The molecule has 1 N–H and O–H groups in total. The van der Waals surface area contributed by atoms with Crippen molar-refractivity contribution in [2.45, 2.75) is 0 Å². The maximum absolute atomic E-state index is 11.9. The zero-order chi connectivity index (χ0) is 19.1. The summed E-state index contributed by atoms with van der Waals surface area (Å²) in [6.45, 7) is -0.437. The van der Waals surface area contributed by atoms with Crippen LogP contribution in [0.3, 0.4) is 0 Å². The van der Waals surface area contributed by atoms with Gasteiger partial charge in [-0.15, -0.1) is 0 Å². The second kappa shape index (κ2) is 8.48. The van der Waals surface area contributed by atoms with Crippen LogP contribution in [0.4, 0.5) is 5.69 Å². The Hall–Kier alpha value is -3.87. The monoisotopic (exact) mass is 364 g/mol. The van der Waals surface area contributed by atoms with Gasteiger partial charge in [-0.3, -0.25) is 4.79 Å². The van der Waals surface area contributed by atoms with Crippen LogP contribution in [0.2, 0.25) is 0 Å². The lowest BCUT2D eigenvalue weighted by atomic mass is 10.3. The molecule has 0 spiro atoms. The van der Waals surface area contributed by atoms with Crippen LogP contribution < -0.4 is 14.8 Å². The Morgan fingerprint density at radius 3 is 2.19 bits per heavy atom. The van der Waals surface area contributed by atoms with Gasteiger partial charge >= 0.3 is 5.97 Å². The van der Waals surface area contributed by atoms with E-state index < -0.39 is 18.5 Å². The third kappa shape index (κ3) is 5.30. The van der Waals surface area contributed by atoms with Gasteiger partial charge in [-0.1, -0.05) is 18.2 Å². The summed E-state index contributed by atoms with van der Waals surface area (Å²) in [5.74, 6) is 0.183. The highest BCUT2D eigenvalue weighted by Gasteiger charge is 2.11. The molecule has 0 atom stereocenters. The van der Waals surface area contributed by atoms with E-state index >= 15 is 0 Å². The summed E-state index contributed by atoms with van der Waals surface area (Å²) in [5.41, 5.74) is 0.737. The number of carbonyl (C=O) groups is 2. The van der Waals surface area contributed by atoms with Gasteiger partial charge < -0.3 is 20.0 Å². The number of carbonyl (C=O) groups excluding carboxylic acids is 2. The standard InChI is InChI=1S/C20H16N2O5/c23-19(14-26-20(24)15-10-12-22(25)13-11-15)21-16-6-8-18(9-7-16)27-17-4-2-1-3-5-17/h1-13H,14H2,(H,21,23). The molecule has 0 bridgehead atoms. The molecule has 0 radical (unpaired) electrons. The summed E-state index contributed by atoms with van der Waals surface area (Å²) in [6, 6.07) is 18.8. The van der Waals surface area contributed by atoms with Crippen LogP contribution in [0, 0.1) is 5.21 Å². The number of esters is 1. The second-order valence-electron chi connectivity index (χ2n) is 5.51. The molecule has 7 heteroatoms. The molecule has 0 fully saturated rings. The van der Waals surface area contributed by atoms with E-state index in [0.29, 0.717) is 21.9 Å². The van der Waals surface area contributed by atoms with Gasteiger partial charge in [0, 0.05) is 17.8 Å². The topological polar surface area (TPSA) is 91.6 Å². The number of rotatable bonds is 6. The van der Waals surface area contributed by atoms with Crippen molar-refractivity contribution in [1.29, 1.82) is 0 Å². The van der Waals surface area contributed by atoms with Gasteiger partial charge in [0.25, 0.3) is 5.91 Å². The van der Waals surface area contributed by atoms with Crippen LogP contribution >= 0.6 is 0 Å². The minimum absolute atomic E-state index is 0.192. The molecule has 7 nitrogen and oxygen atoms in total. The van der Waals surface area contributed by atoms with E-state index in [0.717, 1.165) is 0 Å². The van der Waals surface area contributed by atoms with Gasteiger partial charge in [-0.2, -0.15) is 4.73 Å². The van der Waals surface area contributed by atoms with Crippen molar-refractivity contribution in [3.8, 4) is 11.5 Å². The van der Waals surface area contributed by atoms with Gasteiger partial charge in [-0.05, 0) is 36.4 Å². The predicted octanol–water partition coefficient (Wildman–Crippen LogP) is 2.91. The van der Waals surface area contributed by atoms with Gasteiger partial charge in [-0.25, -0.2) is 4.79 Å². The van der Waals surface area contributed by atoms with Gasteiger partial charge in [0.1, 0.15) is 11.5 Å². The van der Waals surface area contributed by atoms with E-state index in [4.69, 9.17) is 9.47 Å². The normalized spacial score (nSPS) is 10.1. The highest BCUT2D eigenvalue weighted by atomic mass is 16.5. The second-order valence-corrected chi connectivity index (χ2v) is 5.51. The predicted molar refractivity (Wildman–Crippen MR) is 97.3 cm³/mol. The summed E-state index contributed by atoms with van der Waals surface area (Å²) in [4.78, 5) is 23.7. The van der Waals surface area contributed by atoms with Crippen molar-refractivity contribution >= 4 is 17.6 Å². The molecule has 0 saturated carbocycles. The molecule has 0 aliphatic carbocycles. The lowest BCUT2D eigenvalue weighted by Crippen LogP contribution is -2.25. The fourth-order valence-electron chi connectivity index (χ4n) is 2.19. The van der Waals surface area contributed by atoms with Crippen LogP contribution in [0.25, 0.3) is 0 Å². The van der Waals surface area contributed by atoms with E-state index in [1.54, 1.807) is 24.3 Å². The number of amides is 1. The summed E-state index contributed by atoms with van der Waals surface area (Å²) in [6.07, 6.45) is 2.35. The summed E-state index contributed by atoms with van der Waals surface area (Å²) in [7, 11) is 0. The molecule has 0 aliphatic rings. The number of hydrogen-bond acceptors (Lipinski definition) is 5. The summed E-state index contributed by atoms with van der Waals surface area (Å²) >= 11 is 0. The molecule has 1 heterocycles. The van der Waals surface area contributed by atoms with Crippen LogP contribution in [-0.2, 0) is 9.53 Å². The van der Waals surface area contributed by atoms with E-state index in [1.807, 2.05) is 30.3 Å². The number of aromatic nitrogens is 1. The third-order valence-electron chi connectivity index (χ3n) is 3.49. The van der Waals surface area contributed by atoms with Crippen LogP contribution in [0.5, 0.6) is 11.5 Å². The van der Waals surface area contributed by atoms with Crippen molar-refractivity contribution < 1.29 is 23.8 Å². The zero-order valence-electron chi connectivity index (χ0n) is 14.2. The first-order valence-electron chi connectivity index (χ1n) is 8.09. The summed E-state index contributed by atoms with van der Waals surface area (Å²) in [5, 5.41) is 13.6. The molecular weight excluding hydrogens is 348 g/mol. The molecule has 3 rings (SSSR count). The molecule has 0 unspecified atom stereocenters. The van der Waals surface area contributed by atoms with Crippen molar-refractivity contribution in [1.82, 2.24) is 0 Å². The smallest absolute Gasteiger partial charge is 0.339 e. The van der Waals surface area contributed by atoms with Crippen LogP contribution in [0.1, 0.15) is 10.4 Å². The number of nitrogens with one attached hydrogen (secondary N) is 1. The molecule has 0 saturated heterocycles. The molecule has 27 heavy (non-hydrogen) atoms. The first-order valence-corrected chi connectivity index (χ1v) is 8.09. The number of benzene rings is 2. The Labute approximate surface area is 155 Å². The molecule has 0 aliphatic heterocycles. The first kappa shape index (κ1) is 17.9. The Balaban J connectivity index is 1.49. The minimum Gasteiger partial charge on any atom is -0.619 e. The Bertz CT molecular complexity index is 909. The molecular formula is C20H16N2O5. The molecule has 3 aromatic rings. The Morgan fingerprint density at radius 1 is 0.889 bits per heavy atom. The average Bonchev–Trinajstić information content (AvgIpc) is 2.69. The van der Waals surface area contributed by atoms with Gasteiger partial charge in [0.05, 0.1) is 5.56 Å². The van der Waals surface area contributed by atoms with E-state index in [-0.39, 0.29) is 5.56 Å². The van der Waals surface area contributed by atoms with Crippen molar-refractivity contribution in [2.75, 3.05) is 11.9 Å². The number of nitrogens with zero attached hydrogens (tertiary/aromatic N) is 1. The minimum atomic E-state index is -0.683. The zero-order valence-corrected chi connectivity index (χ0v) is 14.2. The number of ether oxygens (including phenoxy) is 2. The Kier molecular flexibility index (Phi) is 5.64. The highest BCUT2D eigenvalue weighted by Crippen LogP contribution is 2.22.